The molecule has 4 rings (SSSR count). The first kappa shape index (κ1) is 14.9. The quantitative estimate of drug-likeness (QED) is 0.588. The Bertz CT molecular complexity index is 1100. The van der Waals surface area contributed by atoms with E-state index in [2.05, 4.69) is 15.0 Å². The summed E-state index contributed by atoms with van der Waals surface area (Å²) >= 11 is 12.6. The third-order valence-electron chi connectivity index (χ3n) is 3.73. The third-order valence-corrected chi connectivity index (χ3v) is 4.38. The van der Waals surface area contributed by atoms with Gasteiger partial charge < -0.3 is 4.98 Å². The van der Waals surface area contributed by atoms with Gasteiger partial charge in [0.2, 0.25) is 0 Å². The Morgan fingerprint density at radius 3 is 2.58 bits per heavy atom. The lowest BCUT2D eigenvalue weighted by Crippen LogP contribution is -2.07. The van der Waals surface area contributed by atoms with Crippen LogP contribution in [-0.2, 0) is 0 Å². The fourth-order valence-electron chi connectivity index (χ4n) is 2.58. The zero-order chi connectivity index (χ0) is 16.7. The fraction of sp³-hybridized carbons (Fsp3) is 0. The predicted octanol–water partition coefficient (Wildman–Crippen LogP) is 4.08. The highest BCUT2D eigenvalue weighted by molar-refractivity contribution is 6.35. The number of aromatic amines is 1. The highest BCUT2D eigenvalue weighted by Gasteiger charge is 2.14. The standard InChI is InChI=1S/C17H10Cl2N4O/c18-11-6-4-10(5-7-11)12-2-1-3-13(14(12)19)23-9-22-15-16(23)20-8-21-17(15)24/h1-9H,(H,20,21,24). The number of nitrogens with zero attached hydrogens (tertiary/aromatic N) is 3. The molecule has 0 radical (unpaired) electrons. The zero-order valence-corrected chi connectivity index (χ0v) is 13.7. The van der Waals surface area contributed by atoms with Gasteiger partial charge >= 0.3 is 0 Å². The topological polar surface area (TPSA) is 63.6 Å². The van der Waals surface area contributed by atoms with Crippen LogP contribution in [0.15, 0.2) is 59.9 Å². The molecule has 0 spiro atoms. The average Bonchev–Trinajstić information content (AvgIpc) is 3.01. The Kier molecular flexibility index (Phi) is 3.59. The van der Waals surface area contributed by atoms with Gasteiger partial charge in [-0.3, -0.25) is 9.36 Å². The van der Waals surface area contributed by atoms with Gasteiger partial charge in [0.15, 0.2) is 11.2 Å². The normalized spacial score (nSPS) is 11.1. The van der Waals surface area contributed by atoms with Crippen molar-refractivity contribution in [2.75, 3.05) is 0 Å². The van der Waals surface area contributed by atoms with Crippen molar-refractivity contribution in [2.45, 2.75) is 0 Å². The van der Waals surface area contributed by atoms with Gasteiger partial charge in [-0.1, -0.05) is 47.5 Å². The summed E-state index contributed by atoms with van der Waals surface area (Å²) in [6.45, 7) is 0. The molecule has 2 aromatic heterocycles. The summed E-state index contributed by atoms with van der Waals surface area (Å²) in [7, 11) is 0. The van der Waals surface area contributed by atoms with E-state index in [-0.39, 0.29) is 11.1 Å². The third kappa shape index (κ3) is 2.38. The van der Waals surface area contributed by atoms with Crippen molar-refractivity contribution >= 4 is 34.4 Å². The molecule has 7 heteroatoms. The predicted molar refractivity (Wildman–Crippen MR) is 94.9 cm³/mol. The summed E-state index contributed by atoms with van der Waals surface area (Å²) in [5.74, 6) is 0. The maximum Gasteiger partial charge on any atom is 0.278 e. The van der Waals surface area contributed by atoms with Crippen LogP contribution in [0.5, 0.6) is 0 Å². The van der Waals surface area contributed by atoms with Gasteiger partial charge in [-0.25, -0.2) is 9.97 Å². The number of imidazole rings is 1. The van der Waals surface area contributed by atoms with Crippen molar-refractivity contribution in [2.24, 2.45) is 0 Å². The molecular formula is C17H10Cl2N4O. The van der Waals surface area contributed by atoms with E-state index in [4.69, 9.17) is 23.2 Å². The number of halogens is 2. The van der Waals surface area contributed by atoms with E-state index in [9.17, 15) is 4.79 Å². The van der Waals surface area contributed by atoms with Gasteiger partial charge in [0.05, 0.1) is 17.0 Å². The van der Waals surface area contributed by atoms with Gasteiger partial charge in [-0.15, -0.1) is 0 Å². The number of nitrogens with one attached hydrogen (secondary N) is 1. The molecule has 0 bridgehead atoms. The van der Waals surface area contributed by atoms with E-state index in [0.717, 1.165) is 11.1 Å². The van der Waals surface area contributed by atoms with Gasteiger partial charge in [0.25, 0.3) is 5.56 Å². The number of rotatable bonds is 2. The molecule has 0 amide bonds. The van der Waals surface area contributed by atoms with Crippen LogP contribution in [0.4, 0.5) is 0 Å². The minimum atomic E-state index is -0.288. The van der Waals surface area contributed by atoms with Gasteiger partial charge in [0, 0.05) is 10.6 Å². The summed E-state index contributed by atoms with van der Waals surface area (Å²) in [6, 6.07) is 13.1. The van der Waals surface area contributed by atoms with Crippen LogP contribution < -0.4 is 5.56 Å². The highest BCUT2D eigenvalue weighted by Crippen LogP contribution is 2.34. The molecule has 1 N–H and O–H groups in total. The monoisotopic (exact) mass is 356 g/mol. The van der Waals surface area contributed by atoms with E-state index in [1.165, 1.54) is 6.33 Å². The molecule has 0 aliphatic carbocycles. The molecule has 118 valence electrons. The molecule has 0 aliphatic heterocycles. The van der Waals surface area contributed by atoms with Crippen LogP contribution in [0.25, 0.3) is 28.0 Å². The molecule has 5 nitrogen and oxygen atoms in total. The lowest BCUT2D eigenvalue weighted by Gasteiger charge is -2.11. The van der Waals surface area contributed by atoms with Crippen molar-refractivity contribution in [1.82, 2.24) is 19.5 Å². The first-order valence-corrected chi connectivity index (χ1v) is 7.86. The number of hydrogen-bond donors (Lipinski definition) is 1. The summed E-state index contributed by atoms with van der Waals surface area (Å²) in [5.41, 5.74) is 2.94. The van der Waals surface area contributed by atoms with Crippen LogP contribution in [0, 0.1) is 0 Å². The van der Waals surface area contributed by atoms with E-state index in [1.807, 2.05) is 42.5 Å². The van der Waals surface area contributed by atoms with Gasteiger partial charge in [0.1, 0.15) is 6.33 Å². The molecule has 0 fully saturated rings. The lowest BCUT2D eigenvalue weighted by atomic mass is 10.0. The van der Waals surface area contributed by atoms with Crippen molar-refractivity contribution in [3.05, 3.63) is 75.5 Å². The van der Waals surface area contributed by atoms with E-state index in [1.54, 1.807) is 10.9 Å². The van der Waals surface area contributed by atoms with E-state index >= 15 is 0 Å². The van der Waals surface area contributed by atoms with Crippen molar-refractivity contribution in [1.29, 1.82) is 0 Å². The number of fused-ring (bicyclic) bond motifs is 1. The summed E-state index contributed by atoms with van der Waals surface area (Å²) in [4.78, 5) is 22.7. The zero-order valence-electron chi connectivity index (χ0n) is 12.2. The molecule has 0 saturated carbocycles. The molecule has 0 saturated heterocycles. The van der Waals surface area contributed by atoms with Crippen LogP contribution in [0.2, 0.25) is 10.0 Å². The SMILES string of the molecule is O=c1[nH]cnc2c1ncn2-c1cccc(-c2ccc(Cl)cc2)c1Cl. The number of hydrogen-bond acceptors (Lipinski definition) is 3. The Morgan fingerprint density at radius 1 is 1.00 bits per heavy atom. The van der Waals surface area contributed by atoms with Crippen molar-refractivity contribution < 1.29 is 0 Å². The highest BCUT2D eigenvalue weighted by atomic mass is 35.5. The Hall–Kier alpha value is -2.63. The second-order valence-electron chi connectivity index (χ2n) is 5.16. The first-order chi connectivity index (χ1) is 11.6. The lowest BCUT2D eigenvalue weighted by molar-refractivity contribution is 1.06. The fourth-order valence-corrected chi connectivity index (χ4v) is 3.03. The van der Waals surface area contributed by atoms with Crippen LogP contribution >= 0.6 is 23.2 Å². The average molecular weight is 357 g/mol. The number of benzene rings is 2. The van der Waals surface area contributed by atoms with Gasteiger partial charge in [-0.05, 0) is 23.8 Å². The summed E-state index contributed by atoms with van der Waals surface area (Å²) < 4.78 is 1.70. The van der Waals surface area contributed by atoms with Crippen LogP contribution in [-0.4, -0.2) is 19.5 Å². The first-order valence-electron chi connectivity index (χ1n) is 7.11. The molecule has 2 aromatic carbocycles. The van der Waals surface area contributed by atoms with E-state index in [0.29, 0.717) is 21.4 Å². The molecular weight excluding hydrogens is 347 g/mol. The maximum absolute atomic E-state index is 11.8. The summed E-state index contributed by atoms with van der Waals surface area (Å²) in [5, 5.41) is 1.20. The van der Waals surface area contributed by atoms with Crippen LogP contribution in [0.3, 0.4) is 0 Å². The molecule has 4 aromatic rings. The number of aromatic nitrogens is 4. The maximum atomic E-state index is 11.8. The van der Waals surface area contributed by atoms with Crippen molar-refractivity contribution in [3.63, 3.8) is 0 Å². The minimum Gasteiger partial charge on any atom is -0.311 e. The minimum absolute atomic E-state index is 0.269. The molecule has 0 aliphatic rings. The van der Waals surface area contributed by atoms with Crippen LogP contribution in [0.1, 0.15) is 0 Å². The van der Waals surface area contributed by atoms with Crippen molar-refractivity contribution in [3.8, 4) is 16.8 Å². The molecule has 0 unspecified atom stereocenters. The Balaban J connectivity index is 1.93. The van der Waals surface area contributed by atoms with Gasteiger partial charge in [-0.2, -0.15) is 0 Å². The smallest absolute Gasteiger partial charge is 0.278 e. The Labute approximate surface area is 146 Å². The summed E-state index contributed by atoms with van der Waals surface area (Å²) in [6.07, 6.45) is 2.89. The molecule has 2 heterocycles. The molecule has 24 heavy (non-hydrogen) atoms. The second-order valence-corrected chi connectivity index (χ2v) is 5.98. The molecule has 0 atom stereocenters. The Morgan fingerprint density at radius 2 is 1.79 bits per heavy atom. The largest absolute Gasteiger partial charge is 0.311 e. The second kappa shape index (κ2) is 5.78. The number of H-pyrrole nitrogens is 1. The van der Waals surface area contributed by atoms with E-state index < -0.39 is 0 Å².